The highest BCUT2D eigenvalue weighted by atomic mass is 32.2. The number of phenols is 1. The van der Waals surface area contributed by atoms with Crippen LogP contribution in [0.2, 0.25) is 0 Å². The van der Waals surface area contributed by atoms with Gasteiger partial charge in [0, 0.05) is 12.6 Å². The fraction of sp³-hybridized carbons (Fsp3) is 0.333. The molecule has 0 aliphatic rings. The molecular formula is C18H23NO3S. The number of phenolic OH excluding ortho intramolecular Hbond substituents is 1. The molecule has 0 aliphatic heterocycles. The summed E-state index contributed by atoms with van der Waals surface area (Å²) in [6.07, 6.45) is 0. The summed E-state index contributed by atoms with van der Waals surface area (Å²) in [5.41, 5.74) is 2.21. The number of aromatic hydroxyl groups is 1. The van der Waals surface area contributed by atoms with Crippen molar-refractivity contribution in [2.45, 2.75) is 32.6 Å². The Labute approximate surface area is 138 Å². The third-order valence-electron chi connectivity index (χ3n) is 3.55. The molecular weight excluding hydrogens is 310 g/mol. The highest BCUT2D eigenvalue weighted by molar-refractivity contribution is 7.92. The highest BCUT2D eigenvalue weighted by Gasteiger charge is 2.27. The Morgan fingerprint density at radius 2 is 1.78 bits per heavy atom. The van der Waals surface area contributed by atoms with E-state index in [4.69, 9.17) is 0 Å². The van der Waals surface area contributed by atoms with Gasteiger partial charge in [-0.1, -0.05) is 37.6 Å². The molecule has 2 rings (SSSR count). The van der Waals surface area contributed by atoms with Crippen molar-refractivity contribution >= 4 is 15.7 Å². The van der Waals surface area contributed by atoms with Crippen LogP contribution in [0.5, 0.6) is 5.75 Å². The highest BCUT2D eigenvalue weighted by Crippen LogP contribution is 2.29. The zero-order valence-electron chi connectivity index (χ0n) is 13.9. The van der Waals surface area contributed by atoms with Gasteiger partial charge in [-0.15, -0.1) is 0 Å². The fourth-order valence-corrected chi connectivity index (χ4v) is 4.36. The van der Waals surface area contributed by atoms with E-state index in [1.165, 1.54) is 16.4 Å². The van der Waals surface area contributed by atoms with Crippen molar-refractivity contribution in [3.8, 4) is 5.75 Å². The Morgan fingerprint density at radius 3 is 2.35 bits per heavy atom. The largest absolute Gasteiger partial charge is 0.508 e. The van der Waals surface area contributed by atoms with Gasteiger partial charge in [-0.05, 0) is 43.5 Å². The lowest BCUT2D eigenvalue weighted by molar-refractivity contribution is 0.475. The average molecular weight is 333 g/mol. The van der Waals surface area contributed by atoms with Crippen LogP contribution in [0.1, 0.15) is 25.0 Å². The van der Waals surface area contributed by atoms with Crippen molar-refractivity contribution < 1.29 is 13.5 Å². The number of nitrogens with zero attached hydrogens (tertiary/aromatic N) is 1. The third kappa shape index (κ3) is 3.85. The van der Waals surface area contributed by atoms with E-state index in [1.54, 1.807) is 31.2 Å². The van der Waals surface area contributed by atoms with Gasteiger partial charge in [0.15, 0.2) is 0 Å². The maximum Gasteiger partial charge on any atom is 0.264 e. The molecule has 0 fully saturated rings. The molecule has 0 heterocycles. The van der Waals surface area contributed by atoms with E-state index in [2.05, 4.69) is 0 Å². The lowest BCUT2D eigenvalue weighted by atomic mass is 10.2. The van der Waals surface area contributed by atoms with Gasteiger partial charge >= 0.3 is 0 Å². The Hall–Kier alpha value is -2.01. The van der Waals surface area contributed by atoms with E-state index in [-0.39, 0.29) is 11.7 Å². The molecule has 23 heavy (non-hydrogen) atoms. The van der Waals surface area contributed by atoms with Crippen LogP contribution in [0.3, 0.4) is 0 Å². The molecule has 4 nitrogen and oxygen atoms in total. The van der Waals surface area contributed by atoms with Crippen molar-refractivity contribution in [1.29, 1.82) is 0 Å². The first-order chi connectivity index (χ1) is 10.7. The van der Waals surface area contributed by atoms with Crippen LogP contribution >= 0.6 is 0 Å². The standard InChI is InChI=1S/C18H23NO3S/c1-13(2)12-19(16-6-5-7-17(20)11-16)23(21,22)18-9-8-14(3)10-15(18)4/h5-11,13,20H,12H2,1-4H3. The van der Waals surface area contributed by atoms with E-state index >= 15 is 0 Å². The van der Waals surface area contributed by atoms with Gasteiger partial charge in [-0.2, -0.15) is 0 Å². The molecule has 0 aliphatic carbocycles. The van der Waals surface area contributed by atoms with Crippen LogP contribution in [0.4, 0.5) is 5.69 Å². The molecule has 0 saturated carbocycles. The van der Waals surface area contributed by atoms with Crippen LogP contribution in [0.15, 0.2) is 47.4 Å². The summed E-state index contributed by atoms with van der Waals surface area (Å²) in [5.74, 6) is 0.199. The number of hydrogen-bond donors (Lipinski definition) is 1. The first-order valence-electron chi connectivity index (χ1n) is 7.61. The van der Waals surface area contributed by atoms with Gasteiger partial charge in [0.05, 0.1) is 10.6 Å². The second-order valence-electron chi connectivity index (χ2n) is 6.22. The molecule has 124 valence electrons. The van der Waals surface area contributed by atoms with Gasteiger partial charge in [-0.25, -0.2) is 8.42 Å². The summed E-state index contributed by atoms with van der Waals surface area (Å²) in [6.45, 7) is 8.01. The zero-order chi connectivity index (χ0) is 17.2. The van der Waals surface area contributed by atoms with Gasteiger partial charge < -0.3 is 5.11 Å². The zero-order valence-corrected chi connectivity index (χ0v) is 14.8. The number of sulfonamides is 1. The molecule has 1 N–H and O–H groups in total. The van der Waals surface area contributed by atoms with Crippen LogP contribution in [-0.4, -0.2) is 20.1 Å². The normalized spacial score (nSPS) is 11.7. The number of aryl methyl sites for hydroxylation is 2. The fourth-order valence-electron chi connectivity index (χ4n) is 2.53. The molecule has 2 aromatic carbocycles. The second kappa shape index (κ2) is 6.62. The molecule has 0 radical (unpaired) electrons. The lowest BCUT2D eigenvalue weighted by Gasteiger charge is -2.27. The Morgan fingerprint density at radius 1 is 1.09 bits per heavy atom. The van der Waals surface area contributed by atoms with Crippen molar-refractivity contribution in [2.24, 2.45) is 5.92 Å². The van der Waals surface area contributed by atoms with Crippen molar-refractivity contribution in [3.05, 3.63) is 53.6 Å². The molecule has 0 atom stereocenters. The smallest absolute Gasteiger partial charge is 0.264 e. The van der Waals surface area contributed by atoms with Gasteiger partial charge in [-0.3, -0.25) is 4.31 Å². The number of benzene rings is 2. The van der Waals surface area contributed by atoms with Gasteiger partial charge in [0.2, 0.25) is 0 Å². The summed E-state index contributed by atoms with van der Waals surface area (Å²) in [7, 11) is -3.69. The molecule has 5 heteroatoms. The maximum absolute atomic E-state index is 13.2. The van der Waals surface area contributed by atoms with E-state index in [0.29, 0.717) is 17.1 Å². The van der Waals surface area contributed by atoms with E-state index in [1.807, 2.05) is 26.8 Å². The average Bonchev–Trinajstić information content (AvgIpc) is 2.44. The van der Waals surface area contributed by atoms with Crippen molar-refractivity contribution in [2.75, 3.05) is 10.8 Å². The Balaban J connectivity index is 2.57. The summed E-state index contributed by atoms with van der Waals surface area (Å²) < 4.78 is 27.7. The Bertz CT molecular complexity index is 798. The molecule has 2 aromatic rings. The molecule has 0 saturated heterocycles. The topological polar surface area (TPSA) is 57.6 Å². The number of anilines is 1. The lowest BCUT2D eigenvalue weighted by Crippen LogP contribution is -2.34. The molecule has 0 spiro atoms. The minimum absolute atomic E-state index is 0.0482. The summed E-state index contributed by atoms with van der Waals surface area (Å²) in [6, 6.07) is 11.7. The van der Waals surface area contributed by atoms with E-state index < -0.39 is 10.0 Å². The predicted molar refractivity (Wildman–Crippen MR) is 93.4 cm³/mol. The SMILES string of the molecule is Cc1ccc(S(=O)(=O)N(CC(C)C)c2cccc(O)c2)c(C)c1. The maximum atomic E-state index is 13.2. The summed E-state index contributed by atoms with van der Waals surface area (Å²) >= 11 is 0. The van der Waals surface area contributed by atoms with Crippen molar-refractivity contribution in [3.63, 3.8) is 0 Å². The first-order valence-corrected chi connectivity index (χ1v) is 9.05. The van der Waals surface area contributed by atoms with E-state index in [0.717, 1.165) is 11.1 Å². The molecule has 0 aromatic heterocycles. The third-order valence-corrected chi connectivity index (χ3v) is 5.50. The quantitative estimate of drug-likeness (QED) is 0.904. The van der Waals surface area contributed by atoms with Gasteiger partial charge in [0.1, 0.15) is 5.75 Å². The van der Waals surface area contributed by atoms with E-state index in [9.17, 15) is 13.5 Å². The van der Waals surface area contributed by atoms with Crippen LogP contribution in [0.25, 0.3) is 0 Å². The number of rotatable bonds is 5. The Kier molecular flexibility index (Phi) is 5.00. The van der Waals surface area contributed by atoms with Crippen LogP contribution in [-0.2, 0) is 10.0 Å². The minimum atomic E-state index is -3.69. The summed E-state index contributed by atoms with van der Waals surface area (Å²) in [4.78, 5) is 0.298. The first kappa shape index (κ1) is 17.3. The monoisotopic (exact) mass is 333 g/mol. The molecule has 0 amide bonds. The summed E-state index contributed by atoms with van der Waals surface area (Å²) in [5, 5.41) is 9.70. The van der Waals surface area contributed by atoms with Crippen LogP contribution in [0, 0.1) is 19.8 Å². The predicted octanol–water partition coefficient (Wildman–Crippen LogP) is 3.86. The molecule has 0 unspecified atom stereocenters. The van der Waals surface area contributed by atoms with Crippen LogP contribution < -0.4 is 4.31 Å². The second-order valence-corrected chi connectivity index (χ2v) is 8.05. The van der Waals surface area contributed by atoms with Crippen molar-refractivity contribution in [1.82, 2.24) is 0 Å². The number of hydrogen-bond acceptors (Lipinski definition) is 3. The minimum Gasteiger partial charge on any atom is -0.508 e. The van der Waals surface area contributed by atoms with Gasteiger partial charge in [0.25, 0.3) is 10.0 Å². The molecule has 0 bridgehead atoms.